The minimum absolute atomic E-state index is 0.597. The second-order valence-electron chi connectivity index (χ2n) is 4.26. The van der Waals surface area contributed by atoms with Crippen molar-refractivity contribution in [1.29, 1.82) is 0 Å². The van der Waals surface area contributed by atoms with Crippen molar-refractivity contribution in [2.24, 2.45) is 0 Å². The lowest BCUT2D eigenvalue weighted by atomic mass is 10.1. The molecule has 0 bridgehead atoms. The highest BCUT2D eigenvalue weighted by Crippen LogP contribution is 2.05. The fourth-order valence-electron chi connectivity index (χ4n) is 1.83. The number of rotatable bonds is 6. The highest BCUT2D eigenvalue weighted by Gasteiger charge is 2.21. The summed E-state index contributed by atoms with van der Waals surface area (Å²) in [5.74, 6) is 0. The van der Waals surface area contributed by atoms with E-state index in [1.165, 1.54) is 0 Å². The molecule has 0 saturated carbocycles. The Morgan fingerprint density at radius 1 is 1.27 bits per heavy atom. The van der Waals surface area contributed by atoms with E-state index in [4.69, 9.17) is 9.47 Å². The summed E-state index contributed by atoms with van der Waals surface area (Å²) in [4.78, 5) is 2.48. The minimum atomic E-state index is 0.597. The van der Waals surface area contributed by atoms with Crippen molar-refractivity contribution >= 4 is 0 Å². The van der Waals surface area contributed by atoms with E-state index in [1.54, 1.807) is 7.11 Å². The first kappa shape index (κ1) is 12.9. The molecule has 0 aliphatic carbocycles. The lowest BCUT2D eigenvalue weighted by Crippen LogP contribution is -2.54. The Labute approximate surface area is 92.9 Å². The van der Waals surface area contributed by atoms with Gasteiger partial charge in [-0.15, -0.1) is 0 Å². The zero-order chi connectivity index (χ0) is 11.1. The maximum atomic E-state index is 5.47. The summed E-state index contributed by atoms with van der Waals surface area (Å²) < 4.78 is 10.4. The number of hydrogen-bond donors (Lipinski definition) is 1. The largest absolute Gasteiger partial charge is 0.382 e. The van der Waals surface area contributed by atoms with Crippen molar-refractivity contribution in [3.05, 3.63) is 0 Å². The minimum Gasteiger partial charge on any atom is -0.382 e. The van der Waals surface area contributed by atoms with E-state index in [0.717, 1.165) is 26.2 Å². The second kappa shape index (κ2) is 7.17. The number of nitrogens with zero attached hydrogens (tertiary/aromatic N) is 1. The van der Waals surface area contributed by atoms with Crippen LogP contribution >= 0.6 is 0 Å². The number of ether oxygens (including phenoxy) is 2. The number of piperazine rings is 1. The molecule has 1 heterocycles. The molecule has 1 saturated heterocycles. The standard InChI is InChI=1S/C11H24N2O2/c1-10-9-13(11(2)8-12-10)4-5-15-7-6-14-3/h10-12H,4-9H2,1-3H3. The third-order valence-corrected chi connectivity index (χ3v) is 2.85. The van der Waals surface area contributed by atoms with E-state index in [9.17, 15) is 0 Å². The summed E-state index contributed by atoms with van der Waals surface area (Å²) in [6.45, 7) is 9.91. The Kier molecular flexibility index (Phi) is 6.17. The summed E-state index contributed by atoms with van der Waals surface area (Å²) in [5.41, 5.74) is 0. The highest BCUT2D eigenvalue weighted by molar-refractivity contribution is 4.80. The van der Waals surface area contributed by atoms with Crippen molar-refractivity contribution in [1.82, 2.24) is 10.2 Å². The molecule has 1 fully saturated rings. The van der Waals surface area contributed by atoms with Crippen LogP contribution in [-0.4, -0.2) is 63.5 Å². The summed E-state index contributed by atoms with van der Waals surface area (Å²) in [6, 6.07) is 1.22. The van der Waals surface area contributed by atoms with Crippen LogP contribution in [0.4, 0.5) is 0 Å². The van der Waals surface area contributed by atoms with Gasteiger partial charge in [-0.2, -0.15) is 0 Å². The van der Waals surface area contributed by atoms with Gasteiger partial charge in [-0.1, -0.05) is 0 Å². The first-order valence-corrected chi connectivity index (χ1v) is 5.78. The van der Waals surface area contributed by atoms with Gasteiger partial charge in [-0.3, -0.25) is 4.90 Å². The fraction of sp³-hybridized carbons (Fsp3) is 1.00. The Morgan fingerprint density at radius 3 is 2.80 bits per heavy atom. The zero-order valence-electron chi connectivity index (χ0n) is 10.2. The zero-order valence-corrected chi connectivity index (χ0v) is 10.2. The average Bonchev–Trinajstić information content (AvgIpc) is 2.23. The van der Waals surface area contributed by atoms with Crippen LogP contribution in [0.15, 0.2) is 0 Å². The van der Waals surface area contributed by atoms with E-state index in [0.29, 0.717) is 25.3 Å². The average molecular weight is 216 g/mol. The maximum Gasteiger partial charge on any atom is 0.0700 e. The van der Waals surface area contributed by atoms with Gasteiger partial charge < -0.3 is 14.8 Å². The van der Waals surface area contributed by atoms with Crippen LogP contribution in [-0.2, 0) is 9.47 Å². The van der Waals surface area contributed by atoms with Gasteiger partial charge in [0.1, 0.15) is 0 Å². The van der Waals surface area contributed by atoms with E-state index in [2.05, 4.69) is 24.1 Å². The van der Waals surface area contributed by atoms with Gasteiger partial charge >= 0.3 is 0 Å². The van der Waals surface area contributed by atoms with Crippen molar-refractivity contribution in [3.63, 3.8) is 0 Å². The third kappa shape index (κ3) is 4.93. The molecule has 2 atom stereocenters. The molecular weight excluding hydrogens is 192 g/mol. The monoisotopic (exact) mass is 216 g/mol. The summed E-state index contributed by atoms with van der Waals surface area (Å²) in [6.07, 6.45) is 0. The van der Waals surface area contributed by atoms with E-state index in [1.807, 2.05) is 0 Å². The van der Waals surface area contributed by atoms with E-state index in [-0.39, 0.29) is 0 Å². The summed E-state index contributed by atoms with van der Waals surface area (Å²) in [7, 11) is 1.70. The Morgan fingerprint density at radius 2 is 2.07 bits per heavy atom. The normalized spacial score (nSPS) is 28.2. The molecular formula is C11H24N2O2. The first-order chi connectivity index (χ1) is 7.24. The maximum absolute atomic E-state index is 5.47. The molecule has 0 aromatic rings. The Bertz CT molecular complexity index is 167. The van der Waals surface area contributed by atoms with Crippen molar-refractivity contribution in [2.75, 3.05) is 46.6 Å². The highest BCUT2D eigenvalue weighted by atomic mass is 16.5. The van der Waals surface area contributed by atoms with Gasteiger partial charge in [0.05, 0.1) is 19.8 Å². The molecule has 1 N–H and O–H groups in total. The molecule has 0 aromatic heterocycles. The smallest absolute Gasteiger partial charge is 0.0700 e. The predicted octanol–water partition coefficient (Wildman–Crippen LogP) is 0.332. The molecule has 1 aliphatic rings. The van der Waals surface area contributed by atoms with Crippen LogP contribution < -0.4 is 5.32 Å². The summed E-state index contributed by atoms with van der Waals surface area (Å²) in [5, 5.41) is 3.47. The number of hydrogen-bond acceptors (Lipinski definition) is 4. The lowest BCUT2D eigenvalue weighted by molar-refractivity contribution is 0.0429. The molecule has 4 nitrogen and oxygen atoms in total. The van der Waals surface area contributed by atoms with Crippen LogP contribution in [0.1, 0.15) is 13.8 Å². The SMILES string of the molecule is COCCOCCN1CC(C)NCC1C. The molecule has 1 rings (SSSR count). The van der Waals surface area contributed by atoms with Gasteiger partial charge in [-0.25, -0.2) is 0 Å². The molecule has 15 heavy (non-hydrogen) atoms. The van der Waals surface area contributed by atoms with E-state index < -0.39 is 0 Å². The van der Waals surface area contributed by atoms with E-state index >= 15 is 0 Å². The molecule has 0 amide bonds. The van der Waals surface area contributed by atoms with Crippen molar-refractivity contribution in [3.8, 4) is 0 Å². The fourth-order valence-corrected chi connectivity index (χ4v) is 1.83. The summed E-state index contributed by atoms with van der Waals surface area (Å²) >= 11 is 0. The second-order valence-corrected chi connectivity index (χ2v) is 4.26. The van der Waals surface area contributed by atoms with Crippen LogP contribution in [0.5, 0.6) is 0 Å². The molecule has 0 spiro atoms. The van der Waals surface area contributed by atoms with Crippen LogP contribution in [0.25, 0.3) is 0 Å². The quantitative estimate of drug-likeness (QED) is 0.649. The number of methoxy groups -OCH3 is 1. The van der Waals surface area contributed by atoms with Gasteiger partial charge in [0.25, 0.3) is 0 Å². The van der Waals surface area contributed by atoms with Crippen LogP contribution in [0, 0.1) is 0 Å². The molecule has 2 unspecified atom stereocenters. The molecule has 4 heteroatoms. The van der Waals surface area contributed by atoms with Crippen LogP contribution in [0.2, 0.25) is 0 Å². The molecule has 90 valence electrons. The third-order valence-electron chi connectivity index (χ3n) is 2.85. The topological polar surface area (TPSA) is 33.7 Å². The Hall–Kier alpha value is -0.160. The van der Waals surface area contributed by atoms with Gasteiger partial charge in [-0.05, 0) is 13.8 Å². The predicted molar refractivity (Wildman–Crippen MR) is 61.2 cm³/mol. The molecule has 1 aliphatic heterocycles. The van der Waals surface area contributed by atoms with Gasteiger partial charge in [0, 0.05) is 38.8 Å². The van der Waals surface area contributed by atoms with Crippen LogP contribution in [0.3, 0.4) is 0 Å². The number of nitrogens with one attached hydrogen (secondary N) is 1. The Balaban J connectivity index is 2.08. The van der Waals surface area contributed by atoms with Gasteiger partial charge in [0.15, 0.2) is 0 Å². The molecule has 0 aromatic carbocycles. The van der Waals surface area contributed by atoms with Gasteiger partial charge in [0.2, 0.25) is 0 Å². The van der Waals surface area contributed by atoms with Crippen molar-refractivity contribution in [2.45, 2.75) is 25.9 Å². The lowest BCUT2D eigenvalue weighted by Gasteiger charge is -2.37. The first-order valence-electron chi connectivity index (χ1n) is 5.78. The molecule has 0 radical (unpaired) electrons. The van der Waals surface area contributed by atoms with Crippen molar-refractivity contribution < 1.29 is 9.47 Å².